The van der Waals surface area contributed by atoms with Gasteiger partial charge in [0, 0.05) is 32.1 Å². The van der Waals surface area contributed by atoms with Crippen molar-refractivity contribution in [2.24, 2.45) is 5.92 Å². The Balaban J connectivity index is 1.33. The number of nitrogens with one attached hydrogen (secondary N) is 1. The van der Waals surface area contributed by atoms with E-state index in [0.717, 1.165) is 23.4 Å². The molecule has 0 aliphatic carbocycles. The molecule has 2 aliphatic heterocycles. The van der Waals surface area contributed by atoms with Crippen LogP contribution in [-0.4, -0.2) is 33.8 Å². The van der Waals surface area contributed by atoms with E-state index in [0.29, 0.717) is 32.5 Å². The Bertz CT molecular complexity index is 911. The highest BCUT2D eigenvalue weighted by Crippen LogP contribution is 2.35. The van der Waals surface area contributed by atoms with Crippen LogP contribution in [0.3, 0.4) is 0 Å². The van der Waals surface area contributed by atoms with Crippen LogP contribution < -0.4 is 10.1 Å². The average molecular weight is 393 g/mol. The summed E-state index contributed by atoms with van der Waals surface area (Å²) in [6.45, 7) is 5.53. The molecular weight excluding hydrogens is 366 g/mol. The van der Waals surface area contributed by atoms with Gasteiger partial charge in [-0.3, -0.25) is 14.6 Å². The third kappa shape index (κ3) is 4.58. The molecule has 1 fully saturated rings. The minimum absolute atomic E-state index is 0.000555. The molecule has 6 heteroatoms. The Hall–Kier alpha value is -2.89. The highest BCUT2D eigenvalue weighted by molar-refractivity contribution is 5.83. The maximum absolute atomic E-state index is 12.7. The van der Waals surface area contributed by atoms with Gasteiger partial charge in [0.15, 0.2) is 0 Å². The number of hydrogen-bond acceptors (Lipinski definition) is 4. The molecule has 6 nitrogen and oxygen atoms in total. The summed E-state index contributed by atoms with van der Waals surface area (Å²) in [5.74, 6) is 0.829. The summed E-state index contributed by atoms with van der Waals surface area (Å²) in [5, 5.41) is 3.05. The number of carbonyl (C=O) groups is 2. The first-order chi connectivity index (χ1) is 13.9. The lowest BCUT2D eigenvalue weighted by atomic mass is 9.96. The van der Waals surface area contributed by atoms with Crippen molar-refractivity contribution in [2.75, 3.05) is 6.54 Å². The van der Waals surface area contributed by atoms with E-state index in [4.69, 9.17) is 4.74 Å². The molecule has 1 aromatic heterocycles. The van der Waals surface area contributed by atoms with Gasteiger partial charge in [0.1, 0.15) is 11.4 Å². The van der Waals surface area contributed by atoms with Crippen LogP contribution >= 0.6 is 0 Å². The van der Waals surface area contributed by atoms with Crippen LogP contribution in [0.25, 0.3) is 0 Å². The molecule has 1 atom stereocenters. The molecule has 1 aromatic carbocycles. The molecule has 29 heavy (non-hydrogen) atoms. The van der Waals surface area contributed by atoms with Crippen molar-refractivity contribution in [2.45, 2.75) is 51.8 Å². The van der Waals surface area contributed by atoms with Crippen molar-refractivity contribution in [1.82, 2.24) is 15.2 Å². The molecule has 152 valence electrons. The molecule has 3 heterocycles. The summed E-state index contributed by atoms with van der Waals surface area (Å²) in [4.78, 5) is 31.0. The zero-order chi connectivity index (χ0) is 20.4. The monoisotopic (exact) mass is 393 g/mol. The van der Waals surface area contributed by atoms with E-state index in [9.17, 15) is 9.59 Å². The van der Waals surface area contributed by atoms with E-state index in [1.54, 1.807) is 11.1 Å². The molecule has 4 rings (SSSR count). The predicted octanol–water partition coefficient (Wildman–Crippen LogP) is 2.85. The number of piperidine rings is 1. The van der Waals surface area contributed by atoms with Crippen LogP contribution in [0.5, 0.6) is 5.75 Å². The summed E-state index contributed by atoms with van der Waals surface area (Å²) in [6, 6.07) is 11.8. The second kappa shape index (κ2) is 7.85. The first-order valence-electron chi connectivity index (χ1n) is 10.2. The largest absolute Gasteiger partial charge is 0.487 e. The van der Waals surface area contributed by atoms with Gasteiger partial charge < -0.3 is 15.0 Å². The zero-order valence-corrected chi connectivity index (χ0v) is 17.0. The van der Waals surface area contributed by atoms with Gasteiger partial charge in [-0.1, -0.05) is 18.2 Å². The van der Waals surface area contributed by atoms with Crippen LogP contribution in [0.15, 0.2) is 42.6 Å². The van der Waals surface area contributed by atoms with Gasteiger partial charge in [0.2, 0.25) is 11.8 Å². The number of fused-ring (bicyclic) bond motifs is 1. The summed E-state index contributed by atoms with van der Waals surface area (Å²) >= 11 is 0. The maximum atomic E-state index is 12.7. The lowest BCUT2D eigenvalue weighted by molar-refractivity contribution is -0.139. The number of likely N-dealkylation sites (tertiary alicyclic amines) is 1. The molecule has 2 aliphatic rings. The van der Waals surface area contributed by atoms with E-state index >= 15 is 0 Å². The minimum Gasteiger partial charge on any atom is -0.487 e. The molecule has 0 spiro atoms. The number of ether oxygens (including phenoxy) is 1. The Morgan fingerprint density at radius 2 is 2.17 bits per heavy atom. The van der Waals surface area contributed by atoms with Crippen LogP contribution in [0.2, 0.25) is 0 Å². The minimum atomic E-state index is -0.187. The smallest absolute Gasteiger partial charge is 0.225 e. The Kier molecular flexibility index (Phi) is 5.26. The summed E-state index contributed by atoms with van der Waals surface area (Å²) in [6.07, 6.45) is 3.58. The van der Waals surface area contributed by atoms with E-state index in [-0.39, 0.29) is 23.3 Å². The van der Waals surface area contributed by atoms with Crippen molar-refractivity contribution in [1.29, 1.82) is 0 Å². The van der Waals surface area contributed by atoms with Gasteiger partial charge in [-0.25, -0.2) is 0 Å². The number of benzene rings is 1. The second-order valence-corrected chi connectivity index (χ2v) is 8.53. The lowest BCUT2D eigenvalue weighted by Gasteiger charge is -2.31. The summed E-state index contributed by atoms with van der Waals surface area (Å²) < 4.78 is 5.91. The van der Waals surface area contributed by atoms with Crippen LogP contribution in [0.4, 0.5) is 0 Å². The van der Waals surface area contributed by atoms with Crippen molar-refractivity contribution >= 4 is 11.8 Å². The Morgan fingerprint density at radius 1 is 1.31 bits per heavy atom. The van der Waals surface area contributed by atoms with Gasteiger partial charge in [-0.05, 0) is 49.6 Å². The first kappa shape index (κ1) is 19.4. The van der Waals surface area contributed by atoms with Crippen molar-refractivity contribution in [3.05, 3.63) is 59.4 Å². The van der Waals surface area contributed by atoms with E-state index < -0.39 is 0 Å². The quantitative estimate of drug-likeness (QED) is 0.848. The number of rotatable bonds is 5. The third-order valence-corrected chi connectivity index (χ3v) is 5.54. The summed E-state index contributed by atoms with van der Waals surface area (Å²) in [7, 11) is 0. The maximum Gasteiger partial charge on any atom is 0.225 e. The van der Waals surface area contributed by atoms with Crippen molar-refractivity contribution in [3.63, 3.8) is 0 Å². The molecule has 0 radical (unpaired) electrons. The van der Waals surface area contributed by atoms with Crippen LogP contribution in [-0.2, 0) is 29.1 Å². The normalized spacial score (nSPS) is 20.1. The lowest BCUT2D eigenvalue weighted by Crippen LogP contribution is -2.45. The molecule has 0 saturated carbocycles. The highest BCUT2D eigenvalue weighted by atomic mass is 16.5. The van der Waals surface area contributed by atoms with Crippen LogP contribution in [0.1, 0.15) is 43.5 Å². The molecule has 2 amide bonds. The summed E-state index contributed by atoms with van der Waals surface area (Å²) in [5.41, 5.74) is 2.92. The van der Waals surface area contributed by atoms with Gasteiger partial charge in [0.25, 0.3) is 0 Å². The zero-order valence-electron chi connectivity index (χ0n) is 17.0. The SMILES string of the molecule is CC1(C)Cc2cc(CNC(=O)[C@@H]3CCC(=O)N(Cc4ccccn4)C3)ccc2O1. The Labute approximate surface area is 171 Å². The number of hydrogen-bond donors (Lipinski definition) is 1. The van der Waals surface area contributed by atoms with E-state index in [1.165, 1.54) is 5.56 Å². The number of pyridine rings is 1. The fourth-order valence-electron chi connectivity index (χ4n) is 4.08. The fraction of sp³-hybridized carbons (Fsp3) is 0.435. The van der Waals surface area contributed by atoms with Gasteiger partial charge in [-0.15, -0.1) is 0 Å². The number of carbonyl (C=O) groups excluding carboxylic acids is 2. The third-order valence-electron chi connectivity index (χ3n) is 5.54. The molecule has 1 N–H and O–H groups in total. The Morgan fingerprint density at radius 3 is 2.97 bits per heavy atom. The molecule has 0 unspecified atom stereocenters. The van der Waals surface area contributed by atoms with Gasteiger partial charge in [-0.2, -0.15) is 0 Å². The molecule has 1 saturated heterocycles. The van der Waals surface area contributed by atoms with Crippen LogP contribution in [0, 0.1) is 5.92 Å². The molecule has 0 bridgehead atoms. The highest BCUT2D eigenvalue weighted by Gasteiger charge is 2.31. The topological polar surface area (TPSA) is 71.5 Å². The predicted molar refractivity (Wildman–Crippen MR) is 109 cm³/mol. The average Bonchev–Trinajstić information content (AvgIpc) is 3.01. The number of amides is 2. The van der Waals surface area contributed by atoms with Crippen molar-refractivity contribution < 1.29 is 14.3 Å². The van der Waals surface area contributed by atoms with E-state index in [2.05, 4.69) is 30.2 Å². The standard InChI is InChI=1S/C23H27N3O3/c1-23(2)12-18-11-16(6-8-20(18)29-23)13-25-22(28)17-7-9-21(27)26(14-17)15-19-5-3-4-10-24-19/h3-6,8,10-11,17H,7,9,12-15H2,1-2H3,(H,25,28)/t17-/m1/s1. The van der Waals surface area contributed by atoms with E-state index in [1.807, 2.05) is 30.3 Å². The number of nitrogens with zero attached hydrogens (tertiary/aromatic N) is 2. The molecule has 2 aromatic rings. The first-order valence-corrected chi connectivity index (χ1v) is 10.2. The van der Waals surface area contributed by atoms with Gasteiger partial charge in [0.05, 0.1) is 18.2 Å². The van der Waals surface area contributed by atoms with Gasteiger partial charge >= 0.3 is 0 Å². The molecular formula is C23H27N3O3. The fourth-order valence-corrected chi connectivity index (χ4v) is 4.08. The van der Waals surface area contributed by atoms with Crippen molar-refractivity contribution in [3.8, 4) is 5.75 Å². The second-order valence-electron chi connectivity index (χ2n) is 8.53. The number of aromatic nitrogens is 1.